The lowest BCUT2D eigenvalue weighted by atomic mass is 9.95. The molecule has 1 heterocycles. The molecule has 8 nitrogen and oxygen atoms in total. The molecule has 1 atom stereocenters. The van der Waals surface area contributed by atoms with E-state index in [4.69, 9.17) is 4.74 Å². The highest BCUT2D eigenvalue weighted by atomic mass is 32.2. The van der Waals surface area contributed by atoms with E-state index in [1.54, 1.807) is 62.6 Å². The molecule has 0 aromatic heterocycles. The second-order valence-corrected chi connectivity index (χ2v) is 10.4. The number of rotatable bonds is 7. The summed E-state index contributed by atoms with van der Waals surface area (Å²) in [5.74, 6) is -0.101. The Bertz CT molecular complexity index is 1320. The molecule has 0 fully saturated rings. The molecule has 0 radical (unpaired) electrons. The molecule has 0 unspecified atom stereocenters. The minimum absolute atomic E-state index is 0.0864. The number of fused-ring (bicyclic) bond motifs is 1. The van der Waals surface area contributed by atoms with Crippen molar-refractivity contribution < 1.29 is 22.7 Å². The average Bonchev–Trinajstić information content (AvgIpc) is 2.88. The van der Waals surface area contributed by atoms with Crippen LogP contribution in [0.5, 0.6) is 5.75 Å². The first-order valence-corrected chi connectivity index (χ1v) is 12.8. The number of anilines is 2. The van der Waals surface area contributed by atoms with Gasteiger partial charge in [0.25, 0.3) is 5.91 Å². The fourth-order valence-corrected chi connectivity index (χ4v) is 5.21. The SMILES string of the molecule is CCS(=O)(=O)N1Cc2ccccc2C[C@H]1C(=O)Nc1ccc(C(=O)Nc2ccc(OC)cc2)cc1. The zero-order valence-electron chi connectivity index (χ0n) is 19.5. The third-order valence-corrected chi connectivity index (χ3v) is 7.82. The molecule has 2 amide bonds. The van der Waals surface area contributed by atoms with Crippen LogP contribution in [0.1, 0.15) is 28.4 Å². The van der Waals surface area contributed by atoms with Crippen molar-refractivity contribution in [2.45, 2.75) is 25.9 Å². The zero-order valence-corrected chi connectivity index (χ0v) is 20.3. The number of amides is 2. The van der Waals surface area contributed by atoms with E-state index in [0.29, 0.717) is 29.1 Å². The standard InChI is InChI=1S/C26H27N3O5S/c1-3-35(32,33)29-17-20-7-5-4-6-19(20)16-24(29)26(31)28-21-10-8-18(9-11-21)25(30)27-22-12-14-23(34-2)15-13-22/h4-15,24H,3,16-17H2,1-2H3,(H,27,30)(H,28,31)/t24-/m0/s1. The minimum atomic E-state index is -3.59. The zero-order chi connectivity index (χ0) is 25.0. The van der Waals surface area contributed by atoms with Gasteiger partial charge in [-0.15, -0.1) is 0 Å². The van der Waals surface area contributed by atoms with Gasteiger partial charge >= 0.3 is 0 Å². The molecule has 1 aliphatic rings. The molecule has 0 aliphatic carbocycles. The first-order chi connectivity index (χ1) is 16.8. The van der Waals surface area contributed by atoms with E-state index in [0.717, 1.165) is 11.1 Å². The van der Waals surface area contributed by atoms with E-state index in [-0.39, 0.29) is 18.2 Å². The number of sulfonamides is 1. The van der Waals surface area contributed by atoms with Crippen molar-refractivity contribution in [3.63, 3.8) is 0 Å². The third-order valence-electron chi connectivity index (χ3n) is 5.99. The summed E-state index contributed by atoms with van der Waals surface area (Å²) in [4.78, 5) is 25.7. The molecule has 2 N–H and O–H groups in total. The maximum absolute atomic E-state index is 13.2. The maximum atomic E-state index is 13.2. The number of benzene rings is 3. The van der Waals surface area contributed by atoms with Crippen LogP contribution in [-0.2, 0) is 27.8 Å². The summed E-state index contributed by atoms with van der Waals surface area (Å²) >= 11 is 0. The lowest BCUT2D eigenvalue weighted by Gasteiger charge is -2.34. The summed E-state index contributed by atoms with van der Waals surface area (Å²) < 4.78 is 31.9. The topological polar surface area (TPSA) is 105 Å². The van der Waals surface area contributed by atoms with Gasteiger partial charge in [0.2, 0.25) is 15.9 Å². The van der Waals surface area contributed by atoms with Crippen molar-refractivity contribution in [2.24, 2.45) is 0 Å². The Morgan fingerprint density at radius 3 is 2.14 bits per heavy atom. The molecule has 4 rings (SSSR count). The monoisotopic (exact) mass is 493 g/mol. The minimum Gasteiger partial charge on any atom is -0.497 e. The smallest absolute Gasteiger partial charge is 0.255 e. The van der Waals surface area contributed by atoms with Gasteiger partial charge in [-0.1, -0.05) is 24.3 Å². The summed E-state index contributed by atoms with van der Waals surface area (Å²) in [5, 5.41) is 5.61. The van der Waals surface area contributed by atoms with Gasteiger partial charge in [-0.2, -0.15) is 4.31 Å². The number of nitrogens with one attached hydrogen (secondary N) is 2. The van der Waals surface area contributed by atoms with Gasteiger partial charge in [0, 0.05) is 23.5 Å². The first-order valence-electron chi connectivity index (χ1n) is 11.2. The molecular formula is C26H27N3O5S. The fraction of sp³-hybridized carbons (Fsp3) is 0.231. The van der Waals surface area contributed by atoms with Gasteiger partial charge in [-0.3, -0.25) is 9.59 Å². The van der Waals surface area contributed by atoms with Crippen LogP contribution in [0, 0.1) is 0 Å². The van der Waals surface area contributed by atoms with Crippen LogP contribution in [0.25, 0.3) is 0 Å². The van der Waals surface area contributed by atoms with Gasteiger partial charge in [0.1, 0.15) is 11.8 Å². The molecule has 3 aromatic carbocycles. The van der Waals surface area contributed by atoms with Gasteiger partial charge in [0.05, 0.1) is 12.9 Å². The van der Waals surface area contributed by atoms with Crippen molar-refractivity contribution in [3.8, 4) is 5.75 Å². The summed E-state index contributed by atoms with van der Waals surface area (Å²) in [6.45, 7) is 1.73. The molecule has 3 aromatic rings. The van der Waals surface area contributed by atoms with E-state index in [1.165, 1.54) is 4.31 Å². The Morgan fingerprint density at radius 1 is 0.914 bits per heavy atom. The highest BCUT2D eigenvalue weighted by Crippen LogP contribution is 2.27. The van der Waals surface area contributed by atoms with Crippen LogP contribution in [0.4, 0.5) is 11.4 Å². The lowest BCUT2D eigenvalue weighted by Crippen LogP contribution is -2.51. The van der Waals surface area contributed by atoms with E-state index < -0.39 is 22.0 Å². The Kier molecular flexibility index (Phi) is 7.18. The Hall–Kier alpha value is -3.69. The van der Waals surface area contributed by atoms with Crippen molar-refractivity contribution >= 4 is 33.2 Å². The molecular weight excluding hydrogens is 466 g/mol. The van der Waals surface area contributed by atoms with Crippen LogP contribution in [-0.4, -0.2) is 43.4 Å². The maximum Gasteiger partial charge on any atom is 0.255 e. The van der Waals surface area contributed by atoms with Crippen LogP contribution in [0.2, 0.25) is 0 Å². The predicted octanol–water partition coefficient (Wildman–Crippen LogP) is 3.66. The second-order valence-electron chi connectivity index (χ2n) is 8.18. The number of hydrogen-bond donors (Lipinski definition) is 2. The fourth-order valence-electron chi connectivity index (χ4n) is 3.99. The Morgan fingerprint density at radius 2 is 1.51 bits per heavy atom. The quantitative estimate of drug-likeness (QED) is 0.523. The van der Waals surface area contributed by atoms with E-state index in [9.17, 15) is 18.0 Å². The van der Waals surface area contributed by atoms with Crippen LogP contribution >= 0.6 is 0 Å². The van der Waals surface area contributed by atoms with Crippen molar-refractivity contribution in [1.29, 1.82) is 0 Å². The highest BCUT2D eigenvalue weighted by molar-refractivity contribution is 7.89. The largest absolute Gasteiger partial charge is 0.497 e. The normalized spacial score (nSPS) is 15.7. The van der Waals surface area contributed by atoms with Crippen molar-refractivity contribution in [3.05, 3.63) is 89.5 Å². The third kappa shape index (κ3) is 5.52. The van der Waals surface area contributed by atoms with E-state index in [1.807, 2.05) is 24.3 Å². The van der Waals surface area contributed by atoms with E-state index in [2.05, 4.69) is 10.6 Å². The number of carbonyl (C=O) groups excluding carboxylic acids is 2. The lowest BCUT2D eigenvalue weighted by molar-refractivity contribution is -0.120. The predicted molar refractivity (Wildman–Crippen MR) is 135 cm³/mol. The van der Waals surface area contributed by atoms with Gasteiger partial charge in [0.15, 0.2) is 0 Å². The number of nitrogens with zero attached hydrogens (tertiary/aromatic N) is 1. The highest BCUT2D eigenvalue weighted by Gasteiger charge is 2.37. The van der Waals surface area contributed by atoms with Gasteiger partial charge in [-0.25, -0.2) is 8.42 Å². The first kappa shape index (κ1) is 24.4. The average molecular weight is 494 g/mol. The molecule has 0 saturated heterocycles. The number of ether oxygens (including phenoxy) is 1. The Balaban J connectivity index is 1.46. The van der Waals surface area contributed by atoms with Gasteiger partial charge < -0.3 is 15.4 Å². The number of hydrogen-bond acceptors (Lipinski definition) is 5. The molecule has 35 heavy (non-hydrogen) atoms. The number of methoxy groups -OCH3 is 1. The van der Waals surface area contributed by atoms with Gasteiger partial charge in [-0.05, 0) is 73.0 Å². The molecule has 0 bridgehead atoms. The molecule has 1 aliphatic heterocycles. The van der Waals surface area contributed by atoms with Crippen LogP contribution in [0.3, 0.4) is 0 Å². The molecule has 182 valence electrons. The summed E-state index contributed by atoms with van der Waals surface area (Å²) in [6, 6.07) is 20.1. The number of carbonyl (C=O) groups is 2. The summed E-state index contributed by atoms with van der Waals surface area (Å²) in [6.07, 6.45) is 0.295. The van der Waals surface area contributed by atoms with Crippen molar-refractivity contribution in [2.75, 3.05) is 23.5 Å². The van der Waals surface area contributed by atoms with Crippen LogP contribution in [0.15, 0.2) is 72.8 Å². The molecule has 0 spiro atoms. The van der Waals surface area contributed by atoms with Crippen molar-refractivity contribution in [1.82, 2.24) is 4.31 Å². The molecule has 9 heteroatoms. The summed E-state index contributed by atoms with van der Waals surface area (Å²) in [5.41, 5.74) is 3.38. The van der Waals surface area contributed by atoms with E-state index >= 15 is 0 Å². The summed E-state index contributed by atoms with van der Waals surface area (Å²) in [7, 11) is -2.02. The molecule has 0 saturated carbocycles. The van der Waals surface area contributed by atoms with Crippen LogP contribution < -0.4 is 15.4 Å². The Labute approximate surface area is 205 Å². The second kappa shape index (κ2) is 10.3.